The van der Waals surface area contributed by atoms with Crippen molar-refractivity contribution in [1.29, 1.82) is 0 Å². The number of aromatic nitrogens is 1. The van der Waals surface area contributed by atoms with E-state index in [0.717, 1.165) is 11.1 Å². The fourth-order valence-electron chi connectivity index (χ4n) is 4.40. The molecule has 1 aliphatic rings. The molecule has 0 spiro atoms. The molecule has 1 atom stereocenters. The highest BCUT2D eigenvalue weighted by Gasteiger charge is 2.46. The Morgan fingerprint density at radius 2 is 1.83 bits per heavy atom. The van der Waals surface area contributed by atoms with Gasteiger partial charge in [-0.05, 0) is 58.9 Å². The number of rotatable bonds is 6. The largest absolute Gasteiger partial charge is 0.507 e. The summed E-state index contributed by atoms with van der Waals surface area (Å²) in [5, 5.41) is 11.5. The fourth-order valence-corrected chi connectivity index (χ4v) is 4.40. The minimum Gasteiger partial charge on any atom is -0.507 e. The SMILES string of the molecule is COc1ccc(C(C)(C)C)cc1/C(O)=C1\C(=O)C(=O)N(CCc2ccc(F)cc2)C1c1cccnc1. The Labute approximate surface area is 210 Å². The monoisotopic (exact) mass is 488 g/mol. The molecule has 0 radical (unpaired) electrons. The van der Waals surface area contributed by atoms with Gasteiger partial charge in [0, 0.05) is 18.9 Å². The van der Waals surface area contributed by atoms with Crippen LogP contribution in [0.25, 0.3) is 5.76 Å². The summed E-state index contributed by atoms with van der Waals surface area (Å²) >= 11 is 0. The van der Waals surface area contributed by atoms with Gasteiger partial charge in [-0.1, -0.05) is 45.0 Å². The first-order chi connectivity index (χ1) is 17.1. The Morgan fingerprint density at radius 3 is 2.44 bits per heavy atom. The number of Topliss-reactive ketones (excluding diaryl/α,β-unsaturated/α-hetero) is 1. The number of likely N-dealkylation sites (tertiary alicyclic amines) is 1. The van der Waals surface area contributed by atoms with E-state index in [1.54, 1.807) is 48.8 Å². The number of ether oxygens (including phenoxy) is 1. The minimum atomic E-state index is -0.831. The first kappa shape index (κ1) is 25.1. The van der Waals surface area contributed by atoms with Crippen molar-refractivity contribution in [2.24, 2.45) is 0 Å². The molecule has 186 valence electrons. The van der Waals surface area contributed by atoms with Gasteiger partial charge in [-0.2, -0.15) is 0 Å². The predicted octanol–water partition coefficient (Wildman–Crippen LogP) is 5.19. The van der Waals surface area contributed by atoms with Gasteiger partial charge in [0.2, 0.25) is 0 Å². The van der Waals surface area contributed by atoms with Crippen molar-refractivity contribution >= 4 is 17.4 Å². The van der Waals surface area contributed by atoms with Gasteiger partial charge in [0.1, 0.15) is 17.3 Å². The van der Waals surface area contributed by atoms with Crippen LogP contribution in [0.4, 0.5) is 4.39 Å². The average molecular weight is 489 g/mol. The third kappa shape index (κ3) is 4.87. The third-order valence-electron chi connectivity index (χ3n) is 6.42. The molecule has 2 aromatic carbocycles. The maximum atomic E-state index is 13.3. The second-order valence-corrected chi connectivity index (χ2v) is 9.82. The molecule has 1 amide bonds. The zero-order chi connectivity index (χ0) is 26.0. The van der Waals surface area contributed by atoms with Crippen molar-refractivity contribution in [3.63, 3.8) is 0 Å². The Morgan fingerprint density at radius 1 is 1.11 bits per heavy atom. The number of aliphatic hydroxyl groups excluding tert-OH is 1. The van der Waals surface area contributed by atoms with Crippen LogP contribution in [0.15, 0.2) is 72.6 Å². The van der Waals surface area contributed by atoms with E-state index in [1.807, 2.05) is 26.8 Å². The number of benzene rings is 2. The summed E-state index contributed by atoms with van der Waals surface area (Å²) in [7, 11) is 1.49. The van der Waals surface area contributed by atoms with Crippen LogP contribution >= 0.6 is 0 Å². The van der Waals surface area contributed by atoms with Gasteiger partial charge in [0.05, 0.1) is 24.3 Å². The first-order valence-corrected chi connectivity index (χ1v) is 11.7. The van der Waals surface area contributed by atoms with Gasteiger partial charge in [-0.15, -0.1) is 0 Å². The Balaban J connectivity index is 1.83. The van der Waals surface area contributed by atoms with Crippen LogP contribution in [0.1, 0.15) is 49.1 Å². The molecule has 1 aliphatic heterocycles. The molecule has 1 N–H and O–H groups in total. The number of hydrogen-bond acceptors (Lipinski definition) is 5. The van der Waals surface area contributed by atoms with Gasteiger partial charge in [0.25, 0.3) is 11.7 Å². The zero-order valence-corrected chi connectivity index (χ0v) is 20.8. The summed E-state index contributed by atoms with van der Waals surface area (Å²) in [6.07, 6.45) is 3.59. The Hall–Kier alpha value is -4.00. The van der Waals surface area contributed by atoms with Gasteiger partial charge in [-0.3, -0.25) is 14.6 Å². The Kier molecular flexibility index (Phi) is 6.93. The molecule has 1 aromatic heterocycles. The molecule has 3 aromatic rings. The lowest BCUT2D eigenvalue weighted by Crippen LogP contribution is -2.31. The molecule has 2 heterocycles. The van der Waals surface area contributed by atoms with Gasteiger partial charge in [0.15, 0.2) is 0 Å². The number of carbonyl (C=O) groups is 2. The molecular weight excluding hydrogens is 459 g/mol. The lowest BCUT2D eigenvalue weighted by molar-refractivity contribution is -0.139. The summed E-state index contributed by atoms with van der Waals surface area (Å²) in [4.78, 5) is 32.1. The zero-order valence-electron chi connectivity index (χ0n) is 20.8. The van der Waals surface area contributed by atoms with Crippen LogP contribution in [-0.2, 0) is 21.4 Å². The molecule has 6 nitrogen and oxygen atoms in total. The molecule has 4 rings (SSSR count). The number of methoxy groups -OCH3 is 1. The van der Waals surface area contributed by atoms with E-state index in [9.17, 15) is 19.1 Å². The van der Waals surface area contributed by atoms with Crippen molar-refractivity contribution in [3.8, 4) is 5.75 Å². The number of amides is 1. The number of pyridine rings is 1. The Bertz CT molecular complexity index is 1310. The highest BCUT2D eigenvalue weighted by Crippen LogP contribution is 2.41. The minimum absolute atomic E-state index is 0.0172. The quantitative estimate of drug-likeness (QED) is 0.293. The van der Waals surface area contributed by atoms with E-state index in [4.69, 9.17) is 4.74 Å². The molecular formula is C29H29FN2O4. The smallest absolute Gasteiger partial charge is 0.295 e. The molecule has 36 heavy (non-hydrogen) atoms. The van der Waals surface area contributed by atoms with E-state index in [-0.39, 0.29) is 29.1 Å². The van der Waals surface area contributed by atoms with Crippen LogP contribution in [0.2, 0.25) is 0 Å². The van der Waals surface area contributed by atoms with Gasteiger partial charge < -0.3 is 14.7 Å². The molecule has 0 saturated carbocycles. The lowest BCUT2D eigenvalue weighted by atomic mass is 9.85. The molecule has 0 aliphatic carbocycles. The van der Waals surface area contributed by atoms with E-state index in [1.165, 1.54) is 24.1 Å². The maximum Gasteiger partial charge on any atom is 0.295 e. The van der Waals surface area contributed by atoms with Crippen LogP contribution in [0, 0.1) is 5.82 Å². The van der Waals surface area contributed by atoms with Crippen molar-refractivity contribution in [2.75, 3.05) is 13.7 Å². The summed E-state index contributed by atoms with van der Waals surface area (Å²) in [6, 6.07) is 14.1. The number of nitrogens with zero attached hydrogens (tertiary/aromatic N) is 2. The van der Waals surface area contributed by atoms with Crippen molar-refractivity contribution in [2.45, 2.75) is 38.6 Å². The first-order valence-electron chi connectivity index (χ1n) is 11.7. The van der Waals surface area contributed by atoms with Crippen molar-refractivity contribution in [1.82, 2.24) is 9.88 Å². The standard InChI is InChI=1S/C29H29FN2O4/c1-29(2,3)20-9-12-23(36-4)22(16-20)26(33)24-25(19-6-5-14-31-17-19)32(28(35)27(24)34)15-13-18-7-10-21(30)11-8-18/h5-12,14,16-17,25,33H,13,15H2,1-4H3/b26-24+. The molecule has 1 unspecified atom stereocenters. The molecule has 1 saturated heterocycles. The number of hydrogen-bond donors (Lipinski definition) is 1. The van der Waals surface area contributed by atoms with Crippen molar-refractivity contribution in [3.05, 3.63) is 101 Å². The van der Waals surface area contributed by atoms with Crippen molar-refractivity contribution < 1.29 is 23.8 Å². The van der Waals surface area contributed by atoms with Gasteiger partial charge in [-0.25, -0.2) is 4.39 Å². The summed E-state index contributed by atoms with van der Waals surface area (Å²) in [5.41, 5.74) is 2.47. The highest BCUT2D eigenvalue weighted by molar-refractivity contribution is 6.46. The van der Waals surface area contributed by atoms with E-state index >= 15 is 0 Å². The fraction of sp³-hybridized carbons (Fsp3) is 0.276. The lowest BCUT2D eigenvalue weighted by Gasteiger charge is -2.25. The topological polar surface area (TPSA) is 79.7 Å². The average Bonchev–Trinajstić information content (AvgIpc) is 3.12. The molecule has 1 fully saturated rings. The number of halogens is 1. The summed E-state index contributed by atoms with van der Waals surface area (Å²) in [5.74, 6) is -1.74. The number of aliphatic hydroxyl groups is 1. The second-order valence-electron chi connectivity index (χ2n) is 9.82. The van der Waals surface area contributed by atoms with E-state index < -0.39 is 17.7 Å². The number of carbonyl (C=O) groups excluding carboxylic acids is 2. The molecule has 0 bridgehead atoms. The molecule has 7 heteroatoms. The van der Waals surface area contributed by atoms with Crippen LogP contribution in [-0.4, -0.2) is 40.3 Å². The van der Waals surface area contributed by atoms with Gasteiger partial charge >= 0.3 is 0 Å². The van der Waals surface area contributed by atoms with Crippen LogP contribution in [0.5, 0.6) is 5.75 Å². The second kappa shape index (κ2) is 9.93. The predicted molar refractivity (Wildman–Crippen MR) is 135 cm³/mol. The third-order valence-corrected chi connectivity index (χ3v) is 6.42. The van der Waals surface area contributed by atoms with E-state index in [0.29, 0.717) is 23.3 Å². The summed E-state index contributed by atoms with van der Waals surface area (Å²) in [6.45, 7) is 6.33. The highest BCUT2D eigenvalue weighted by atomic mass is 19.1. The van der Waals surface area contributed by atoms with Crippen LogP contribution < -0.4 is 4.74 Å². The maximum absolute atomic E-state index is 13.3. The number of ketones is 1. The van der Waals surface area contributed by atoms with E-state index in [2.05, 4.69) is 4.98 Å². The van der Waals surface area contributed by atoms with Crippen LogP contribution in [0.3, 0.4) is 0 Å². The normalized spacial score (nSPS) is 17.5. The summed E-state index contributed by atoms with van der Waals surface area (Å²) < 4.78 is 18.8.